The lowest BCUT2D eigenvalue weighted by Crippen LogP contribution is -2.38. The average Bonchev–Trinajstić information content (AvgIpc) is 2.46. The van der Waals surface area contributed by atoms with Crippen LogP contribution >= 0.6 is 0 Å². The predicted octanol–water partition coefficient (Wildman–Crippen LogP) is 3.32. The molecule has 0 amide bonds. The van der Waals surface area contributed by atoms with Crippen LogP contribution in [-0.2, 0) is 0 Å². The van der Waals surface area contributed by atoms with Gasteiger partial charge in [0.25, 0.3) is 0 Å². The van der Waals surface area contributed by atoms with Crippen LogP contribution in [0, 0.1) is 5.41 Å². The topological polar surface area (TPSA) is 50.3 Å². The molecule has 1 N–H and O–H groups in total. The average molecular weight is 292 g/mol. The Kier molecular flexibility index (Phi) is 4.91. The molecule has 0 aliphatic heterocycles. The van der Waals surface area contributed by atoms with Gasteiger partial charge in [0.1, 0.15) is 6.33 Å². The Morgan fingerprint density at radius 1 is 1.33 bits per heavy atom. The van der Waals surface area contributed by atoms with E-state index in [2.05, 4.69) is 41.1 Å². The standard InChI is InChI=1S/C16H28N4O/c1-6-17-14-13(21-5)15(19-11-18-14)20(4)12-7-9-16(2,3)10-8-12/h11-12H,6-10H2,1-5H3,(H,17,18,19). The molecule has 0 atom stereocenters. The van der Waals surface area contributed by atoms with Gasteiger partial charge in [-0.1, -0.05) is 13.8 Å². The summed E-state index contributed by atoms with van der Waals surface area (Å²) in [5, 5.41) is 3.24. The molecule has 0 bridgehead atoms. The van der Waals surface area contributed by atoms with Crippen LogP contribution < -0.4 is 15.0 Å². The molecule has 5 nitrogen and oxygen atoms in total. The first-order chi connectivity index (χ1) is 9.98. The fraction of sp³-hybridized carbons (Fsp3) is 0.750. The summed E-state index contributed by atoms with van der Waals surface area (Å²) in [7, 11) is 3.80. The van der Waals surface area contributed by atoms with Gasteiger partial charge in [0.05, 0.1) is 7.11 Å². The van der Waals surface area contributed by atoms with Gasteiger partial charge in [-0.05, 0) is 38.0 Å². The van der Waals surface area contributed by atoms with Crippen LogP contribution in [0.15, 0.2) is 6.33 Å². The van der Waals surface area contributed by atoms with Crippen molar-refractivity contribution in [1.82, 2.24) is 9.97 Å². The van der Waals surface area contributed by atoms with Gasteiger partial charge in [0.15, 0.2) is 11.6 Å². The highest BCUT2D eigenvalue weighted by molar-refractivity contribution is 5.64. The number of rotatable bonds is 5. The minimum Gasteiger partial charge on any atom is -0.490 e. The van der Waals surface area contributed by atoms with E-state index in [1.807, 2.05) is 6.92 Å². The van der Waals surface area contributed by atoms with Gasteiger partial charge in [-0.15, -0.1) is 0 Å². The molecule has 1 saturated carbocycles. The number of nitrogens with one attached hydrogen (secondary N) is 1. The van der Waals surface area contributed by atoms with E-state index in [0.29, 0.717) is 11.5 Å². The third-order valence-electron chi connectivity index (χ3n) is 4.52. The fourth-order valence-corrected chi connectivity index (χ4v) is 3.04. The van der Waals surface area contributed by atoms with Gasteiger partial charge in [-0.25, -0.2) is 9.97 Å². The molecule has 0 spiro atoms. The number of ether oxygens (including phenoxy) is 1. The van der Waals surface area contributed by atoms with Gasteiger partial charge in [0.2, 0.25) is 5.75 Å². The maximum Gasteiger partial charge on any atom is 0.204 e. The van der Waals surface area contributed by atoms with E-state index in [0.717, 1.165) is 23.9 Å². The molecule has 1 heterocycles. The highest BCUT2D eigenvalue weighted by atomic mass is 16.5. The summed E-state index contributed by atoms with van der Waals surface area (Å²) in [6.45, 7) is 7.58. The highest BCUT2D eigenvalue weighted by Gasteiger charge is 2.30. The Hall–Kier alpha value is -1.52. The number of aromatic nitrogens is 2. The molecule has 1 aliphatic carbocycles. The van der Waals surface area contributed by atoms with Crippen molar-refractivity contribution >= 4 is 11.6 Å². The maximum absolute atomic E-state index is 5.55. The van der Waals surface area contributed by atoms with Gasteiger partial charge >= 0.3 is 0 Å². The first-order valence-electron chi connectivity index (χ1n) is 7.84. The monoisotopic (exact) mass is 292 g/mol. The Morgan fingerprint density at radius 3 is 2.57 bits per heavy atom. The zero-order valence-corrected chi connectivity index (χ0v) is 13.9. The third kappa shape index (κ3) is 3.57. The van der Waals surface area contributed by atoms with Crippen molar-refractivity contribution in [2.75, 3.05) is 30.9 Å². The zero-order chi connectivity index (χ0) is 15.5. The number of methoxy groups -OCH3 is 1. The SMILES string of the molecule is CCNc1ncnc(N(C)C2CCC(C)(C)CC2)c1OC. The zero-order valence-electron chi connectivity index (χ0n) is 13.9. The predicted molar refractivity (Wildman–Crippen MR) is 87.2 cm³/mol. The van der Waals surface area contributed by atoms with Gasteiger partial charge in [-0.3, -0.25) is 0 Å². The summed E-state index contributed by atoms with van der Waals surface area (Å²) in [5.41, 5.74) is 0.474. The number of nitrogens with zero attached hydrogens (tertiary/aromatic N) is 3. The van der Waals surface area contributed by atoms with Crippen molar-refractivity contribution in [2.45, 2.75) is 52.5 Å². The molecule has 1 fully saturated rings. The minimum atomic E-state index is 0.474. The second-order valence-corrected chi connectivity index (χ2v) is 6.62. The quantitative estimate of drug-likeness (QED) is 0.902. The molecular formula is C16H28N4O. The van der Waals surface area contributed by atoms with E-state index in [1.165, 1.54) is 25.7 Å². The molecular weight excluding hydrogens is 264 g/mol. The summed E-state index contributed by atoms with van der Waals surface area (Å²) in [6, 6.07) is 0.524. The van der Waals surface area contributed by atoms with Crippen molar-refractivity contribution < 1.29 is 4.74 Å². The smallest absolute Gasteiger partial charge is 0.204 e. The van der Waals surface area contributed by atoms with Crippen molar-refractivity contribution in [3.05, 3.63) is 6.33 Å². The largest absolute Gasteiger partial charge is 0.490 e. The van der Waals surface area contributed by atoms with Crippen molar-refractivity contribution in [3.63, 3.8) is 0 Å². The second-order valence-electron chi connectivity index (χ2n) is 6.62. The fourth-order valence-electron chi connectivity index (χ4n) is 3.04. The van der Waals surface area contributed by atoms with Crippen LogP contribution in [-0.4, -0.2) is 36.7 Å². The molecule has 21 heavy (non-hydrogen) atoms. The number of hydrogen-bond acceptors (Lipinski definition) is 5. The van der Waals surface area contributed by atoms with E-state index < -0.39 is 0 Å². The summed E-state index contributed by atoms with van der Waals surface area (Å²) in [5.74, 6) is 2.40. The Bertz CT molecular complexity index is 465. The summed E-state index contributed by atoms with van der Waals surface area (Å²) >= 11 is 0. The van der Waals surface area contributed by atoms with Crippen LogP contribution in [0.1, 0.15) is 46.5 Å². The lowest BCUT2D eigenvalue weighted by atomic mass is 9.75. The summed E-state index contributed by atoms with van der Waals surface area (Å²) in [6.07, 6.45) is 6.53. The molecule has 1 aliphatic rings. The number of hydrogen-bond donors (Lipinski definition) is 1. The Balaban J connectivity index is 2.19. The summed E-state index contributed by atoms with van der Waals surface area (Å²) < 4.78 is 5.55. The van der Waals surface area contributed by atoms with Crippen LogP contribution in [0.4, 0.5) is 11.6 Å². The highest BCUT2D eigenvalue weighted by Crippen LogP contribution is 2.39. The van der Waals surface area contributed by atoms with Crippen molar-refractivity contribution in [3.8, 4) is 5.75 Å². The Morgan fingerprint density at radius 2 is 2.00 bits per heavy atom. The first-order valence-corrected chi connectivity index (χ1v) is 7.84. The normalized spacial score (nSPS) is 18.3. The van der Waals surface area contributed by atoms with E-state index in [1.54, 1.807) is 13.4 Å². The third-order valence-corrected chi connectivity index (χ3v) is 4.52. The molecule has 5 heteroatoms. The van der Waals surface area contributed by atoms with Crippen molar-refractivity contribution in [1.29, 1.82) is 0 Å². The second kappa shape index (κ2) is 6.50. The number of anilines is 2. The van der Waals surface area contributed by atoms with Gasteiger partial charge in [-0.2, -0.15) is 0 Å². The molecule has 0 aromatic carbocycles. The van der Waals surface area contributed by atoms with E-state index in [4.69, 9.17) is 4.74 Å². The van der Waals surface area contributed by atoms with E-state index in [9.17, 15) is 0 Å². The lowest BCUT2D eigenvalue weighted by molar-refractivity contribution is 0.222. The lowest BCUT2D eigenvalue weighted by Gasteiger charge is -2.39. The Labute approximate surface area is 128 Å². The van der Waals surface area contributed by atoms with Crippen LogP contribution in [0.5, 0.6) is 5.75 Å². The maximum atomic E-state index is 5.55. The van der Waals surface area contributed by atoms with E-state index in [-0.39, 0.29) is 0 Å². The molecule has 1 aromatic heterocycles. The molecule has 1 aromatic rings. The molecule has 0 saturated heterocycles. The molecule has 0 unspecified atom stereocenters. The first kappa shape index (κ1) is 15.9. The molecule has 118 valence electrons. The molecule has 2 rings (SSSR count). The van der Waals surface area contributed by atoms with Crippen LogP contribution in [0.25, 0.3) is 0 Å². The van der Waals surface area contributed by atoms with Gasteiger partial charge < -0.3 is 15.0 Å². The van der Waals surface area contributed by atoms with Gasteiger partial charge in [0, 0.05) is 19.6 Å². The van der Waals surface area contributed by atoms with Crippen LogP contribution in [0.3, 0.4) is 0 Å². The minimum absolute atomic E-state index is 0.474. The molecule has 0 radical (unpaired) electrons. The van der Waals surface area contributed by atoms with E-state index >= 15 is 0 Å². The van der Waals surface area contributed by atoms with Crippen molar-refractivity contribution in [2.24, 2.45) is 5.41 Å². The summed E-state index contributed by atoms with van der Waals surface area (Å²) in [4.78, 5) is 11.0. The van der Waals surface area contributed by atoms with Crippen LogP contribution in [0.2, 0.25) is 0 Å².